The molecule has 0 saturated carbocycles. The first kappa shape index (κ1) is 14.3. The van der Waals surface area contributed by atoms with Crippen molar-refractivity contribution in [2.24, 2.45) is 0 Å². The molecule has 0 fully saturated rings. The Bertz CT molecular complexity index is 355. The molecule has 0 amide bonds. The first-order valence-corrected chi connectivity index (χ1v) is 7.65. The van der Waals surface area contributed by atoms with Crippen LogP contribution in [0.5, 0.6) is 0 Å². The van der Waals surface area contributed by atoms with E-state index in [1.165, 1.54) is 11.3 Å². The Kier molecular flexibility index (Phi) is 6.36. The van der Waals surface area contributed by atoms with Crippen molar-refractivity contribution in [1.29, 1.82) is 0 Å². The average molecular weight is 274 g/mol. The molecule has 6 heteroatoms. The molecule has 0 spiro atoms. The largest absolute Gasteiger partial charge is 0.481 e. The molecule has 0 bridgehead atoms. The quantitative estimate of drug-likeness (QED) is 0.714. The lowest BCUT2D eigenvalue weighted by Crippen LogP contribution is -2.16. The number of thiazole rings is 1. The number of carboxylic acids is 1. The normalized spacial score (nSPS) is 12.4. The van der Waals surface area contributed by atoms with E-state index in [1.807, 2.05) is 11.8 Å². The van der Waals surface area contributed by atoms with Crippen molar-refractivity contribution in [2.45, 2.75) is 32.7 Å². The molecule has 96 valence electrons. The van der Waals surface area contributed by atoms with Gasteiger partial charge in [-0.1, -0.05) is 6.92 Å². The number of anilines is 1. The summed E-state index contributed by atoms with van der Waals surface area (Å²) in [6.07, 6.45) is 1.09. The molecule has 1 aromatic rings. The fourth-order valence-electron chi connectivity index (χ4n) is 1.30. The van der Waals surface area contributed by atoms with Gasteiger partial charge in [-0.2, -0.15) is 11.8 Å². The molecule has 0 radical (unpaired) electrons. The number of nitrogens with zero attached hydrogens (tertiary/aromatic N) is 1. The predicted octanol–water partition coefficient (Wildman–Crippen LogP) is 2.71. The second-order valence-corrected chi connectivity index (χ2v) is 6.00. The summed E-state index contributed by atoms with van der Waals surface area (Å²) >= 11 is 3.39. The van der Waals surface area contributed by atoms with E-state index in [-0.39, 0.29) is 6.42 Å². The summed E-state index contributed by atoms with van der Waals surface area (Å²) in [5.74, 6) is 1.44. The highest BCUT2D eigenvalue weighted by Crippen LogP contribution is 2.18. The predicted molar refractivity (Wildman–Crippen MR) is 74.2 cm³/mol. The number of carbonyl (C=O) groups is 1. The Balaban J connectivity index is 2.35. The molecule has 0 saturated heterocycles. The van der Waals surface area contributed by atoms with E-state index in [9.17, 15) is 4.79 Å². The molecule has 0 aliphatic rings. The van der Waals surface area contributed by atoms with Crippen LogP contribution in [-0.4, -0.2) is 33.6 Å². The third-order valence-corrected chi connectivity index (χ3v) is 3.91. The molecule has 0 aromatic carbocycles. The maximum absolute atomic E-state index is 10.5. The zero-order chi connectivity index (χ0) is 12.7. The standard InChI is InChI=1S/C11H18N2O2S2/c1-3-16-5-4-8(2)12-11-13-9(7-17-11)6-10(14)15/h7-8H,3-6H2,1-2H3,(H,12,13)(H,14,15). The van der Waals surface area contributed by atoms with E-state index in [4.69, 9.17) is 5.11 Å². The summed E-state index contributed by atoms with van der Waals surface area (Å²) in [5, 5.41) is 14.5. The highest BCUT2D eigenvalue weighted by atomic mass is 32.2. The van der Waals surface area contributed by atoms with Crippen molar-refractivity contribution in [3.05, 3.63) is 11.1 Å². The topological polar surface area (TPSA) is 62.2 Å². The van der Waals surface area contributed by atoms with Gasteiger partial charge in [-0.25, -0.2) is 4.98 Å². The third-order valence-electron chi connectivity index (χ3n) is 2.15. The van der Waals surface area contributed by atoms with Crippen molar-refractivity contribution in [3.8, 4) is 0 Å². The van der Waals surface area contributed by atoms with Crippen molar-refractivity contribution >= 4 is 34.2 Å². The van der Waals surface area contributed by atoms with Crippen LogP contribution in [0.4, 0.5) is 5.13 Å². The summed E-state index contributed by atoms with van der Waals surface area (Å²) in [6, 6.07) is 0.373. The lowest BCUT2D eigenvalue weighted by Gasteiger charge is -2.11. The van der Waals surface area contributed by atoms with Gasteiger partial charge in [0, 0.05) is 11.4 Å². The van der Waals surface area contributed by atoms with Gasteiger partial charge in [0.1, 0.15) is 0 Å². The van der Waals surface area contributed by atoms with Crippen LogP contribution < -0.4 is 5.32 Å². The highest BCUT2D eigenvalue weighted by molar-refractivity contribution is 7.99. The number of nitrogens with one attached hydrogen (secondary N) is 1. The molecule has 0 aliphatic heterocycles. The summed E-state index contributed by atoms with van der Waals surface area (Å²) in [7, 11) is 0. The van der Waals surface area contributed by atoms with Gasteiger partial charge in [-0.3, -0.25) is 4.79 Å². The zero-order valence-electron chi connectivity index (χ0n) is 10.1. The Morgan fingerprint density at radius 1 is 1.71 bits per heavy atom. The molecule has 1 unspecified atom stereocenters. The number of aromatic nitrogens is 1. The lowest BCUT2D eigenvalue weighted by molar-refractivity contribution is -0.136. The lowest BCUT2D eigenvalue weighted by atomic mass is 10.3. The van der Waals surface area contributed by atoms with E-state index in [0.29, 0.717) is 11.7 Å². The van der Waals surface area contributed by atoms with Crippen molar-refractivity contribution in [3.63, 3.8) is 0 Å². The van der Waals surface area contributed by atoms with E-state index in [1.54, 1.807) is 5.38 Å². The van der Waals surface area contributed by atoms with Gasteiger partial charge in [0.25, 0.3) is 0 Å². The summed E-state index contributed by atoms with van der Waals surface area (Å²) in [4.78, 5) is 14.8. The SMILES string of the molecule is CCSCCC(C)Nc1nc(CC(=O)O)cs1. The van der Waals surface area contributed by atoms with Crippen LogP contribution in [0.3, 0.4) is 0 Å². The molecular weight excluding hydrogens is 256 g/mol. The van der Waals surface area contributed by atoms with Crippen LogP contribution in [0.25, 0.3) is 0 Å². The Morgan fingerprint density at radius 2 is 2.47 bits per heavy atom. The smallest absolute Gasteiger partial charge is 0.309 e. The summed E-state index contributed by atoms with van der Waals surface area (Å²) in [6.45, 7) is 4.27. The average Bonchev–Trinajstić information content (AvgIpc) is 2.64. The second-order valence-electron chi connectivity index (χ2n) is 3.75. The molecule has 17 heavy (non-hydrogen) atoms. The fourth-order valence-corrected chi connectivity index (χ4v) is 2.93. The van der Waals surface area contributed by atoms with Crippen LogP contribution >= 0.6 is 23.1 Å². The van der Waals surface area contributed by atoms with Crippen molar-refractivity contribution in [2.75, 3.05) is 16.8 Å². The first-order valence-electron chi connectivity index (χ1n) is 5.62. The maximum Gasteiger partial charge on any atom is 0.309 e. The Labute approximate surface area is 110 Å². The number of thioether (sulfide) groups is 1. The maximum atomic E-state index is 10.5. The molecule has 1 aromatic heterocycles. The number of aliphatic carboxylic acids is 1. The van der Waals surface area contributed by atoms with Crippen LogP contribution in [-0.2, 0) is 11.2 Å². The molecule has 4 nitrogen and oxygen atoms in total. The third kappa shape index (κ3) is 5.93. The first-order chi connectivity index (χ1) is 8.11. The van der Waals surface area contributed by atoms with E-state index >= 15 is 0 Å². The van der Waals surface area contributed by atoms with Gasteiger partial charge in [-0.15, -0.1) is 11.3 Å². The molecule has 0 aliphatic carbocycles. The van der Waals surface area contributed by atoms with E-state index < -0.39 is 5.97 Å². The minimum atomic E-state index is -0.839. The van der Waals surface area contributed by atoms with Crippen molar-refractivity contribution in [1.82, 2.24) is 4.98 Å². The molecule has 1 rings (SSSR count). The van der Waals surface area contributed by atoms with Gasteiger partial charge in [0.2, 0.25) is 0 Å². The van der Waals surface area contributed by atoms with Crippen LogP contribution in [0, 0.1) is 0 Å². The van der Waals surface area contributed by atoms with Crippen LogP contribution in [0.2, 0.25) is 0 Å². The Morgan fingerprint density at radius 3 is 3.12 bits per heavy atom. The number of hydrogen-bond acceptors (Lipinski definition) is 5. The van der Waals surface area contributed by atoms with Crippen LogP contribution in [0.15, 0.2) is 5.38 Å². The highest BCUT2D eigenvalue weighted by Gasteiger charge is 2.08. The van der Waals surface area contributed by atoms with Gasteiger partial charge in [0.05, 0.1) is 12.1 Å². The van der Waals surface area contributed by atoms with Gasteiger partial charge in [0.15, 0.2) is 5.13 Å². The van der Waals surface area contributed by atoms with Crippen LogP contribution in [0.1, 0.15) is 26.0 Å². The summed E-state index contributed by atoms with van der Waals surface area (Å²) in [5.41, 5.74) is 0.625. The Hall–Kier alpha value is -0.750. The molecule has 1 heterocycles. The second kappa shape index (κ2) is 7.55. The summed E-state index contributed by atoms with van der Waals surface area (Å²) < 4.78 is 0. The molecule has 1 atom stereocenters. The number of rotatable bonds is 8. The molecule has 2 N–H and O–H groups in total. The molecular formula is C11H18N2O2S2. The number of hydrogen-bond donors (Lipinski definition) is 2. The fraction of sp³-hybridized carbons (Fsp3) is 0.636. The number of carboxylic acid groups (broad SMARTS) is 1. The van der Waals surface area contributed by atoms with Gasteiger partial charge < -0.3 is 10.4 Å². The van der Waals surface area contributed by atoms with E-state index in [2.05, 4.69) is 24.1 Å². The van der Waals surface area contributed by atoms with Gasteiger partial charge >= 0.3 is 5.97 Å². The zero-order valence-corrected chi connectivity index (χ0v) is 11.7. The van der Waals surface area contributed by atoms with Gasteiger partial charge in [-0.05, 0) is 24.9 Å². The van der Waals surface area contributed by atoms with Crippen molar-refractivity contribution < 1.29 is 9.90 Å². The van der Waals surface area contributed by atoms with E-state index in [0.717, 1.165) is 23.1 Å². The minimum absolute atomic E-state index is 0.00174. The monoisotopic (exact) mass is 274 g/mol. The minimum Gasteiger partial charge on any atom is -0.481 e.